The molecule has 1 amide bonds. The summed E-state index contributed by atoms with van der Waals surface area (Å²) in [5.74, 6) is 0.305. The minimum atomic E-state index is -0.145. The number of carbonyl (C=O) groups excluding carboxylic acids is 1. The van der Waals surface area contributed by atoms with Crippen molar-refractivity contribution in [2.75, 3.05) is 13.2 Å². The highest BCUT2D eigenvalue weighted by Gasteiger charge is 2.32. The van der Waals surface area contributed by atoms with Crippen LogP contribution in [0.2, 0.25) is 0 Å². The molecule has 0 radical (unpaired) electrons. The number of amidine groups is 1. The Bertz CT molecular complexity index is 910. The van der Waals surface area contributed by atoms with Gasteiger partial charge in [0, 0.05) is 12.7 Å². The molecule has 138 valence electrons. The van der Waals surface area contributed by atoms with Crippen molar-refractivity contribution in [1.29, 1.82) is 0 Å². The maximum Gasteiger partial charge on any atom is 0.267 e. The highest BCUT2D eigenvalue weighted by atomic mass is 32.2. The summed E-state index contributed by atoms with van der Waals surface area (Å²) in [6.45, 7) is 6.36. The van der Waals surface area contributed by atoms with Crippen molar-refractivity contribution >= 4 is 34.6 Å². The fraction of sp³-hybridized carbons (Fsp3) is 0.150. The molecule has 2 aromatic rings. The summed E-state index contributed by atoms with van der Waals surface area (Å²) in [6.07, 6.45) is 6.73. The zero-order chi connectivity index (χ0) is 19.2. The number of carbonyl (C=O) groups is 1. The zero-order valence-corrected chi connectivity index (χ0v) is 15.6. The number of rotatable bonds is 6. The number of aromatic hydroxyl groups is 1. The van der Waals surface area contributed by atoms with E-state index in [0.29, 0.717) is 34.7 Å². The third-order valence-electron chi connectivity index (χ3n) is 3.65. The summed E-state index contributed by atoms with van der Waals surface area (Å²) in [5, 5.41) is 10.4. The predicted octanol–water partition coefficient (Wildman–Crippen LogP) is 3.98. The molecule has 0 aliphatic carbocycles. The second-order valence-corrected chi connectivity index (χ2v) is 6.59. The molecule has 0 atom stereocenters. The van der Waals surface area contributed by atoms with E-state index in [1.54, 1.807) is 53.7 Å². The van der Waals surface area contributed by atoms with Gasteiger partial charge in [0.15, 0.2) is 16.7 Å². The summed E-state index contributed by atoms with van der Waals surface area (Å²) in [7, 11) is 0. The van der Waals surface area contributed by atoms with E-state index in [4.69, 9.17) is 4.74 Å². The first kappa shape index (κ1) is 18.7. The van der Waals surface area contributed by atoms with Crippen molar-refractivity contribution in [2.24, 2.45) is 4.99 Å². The first-order valence-electron chi connectivity index (χ1n) is 8.39. The molecule has 0 bridgehead atoms. The number of amides is 1. The van der Waals surface area contributed by atoms with Gasteiger partial charge in [-0.2, -0.15) is 0 Å². The summed E-state index contributed by atoms with van der Waals surface area (Å²) >= 11 is 1.29. The van der Waals surface area contributed by atoms with E-state index < -0.39 is 0 Å². The van der Waals surface area contributed by atoms with Crippen molar-refractivity contribution in [3.05, 3.63) is 65.8 Å². The smallest absolute Gasteiger partial charge is 0.267 e. The van der Waals surface area contributed by atoms with Crippen LogP contribution in [0.15, 0.2) is 65.3 Å². The van der Waals surface area contributed by atoms with E-state index >= 15 is 0 Å². The Labute approximate surface area is 161 Å². The fourth-order valence-electron chi connectivity index (χ4n) is 2.45. The molecule has 1 saturated heterocycles. The lowest BCUT2D eigenvalue weighted by molar-refractivity contribution is -0.121. The van der Waals surface area contributed by atoms with Crippen molar-refractivity contribution in [1.82, 2.24) is 9.88 Å². The van der Waals surface area contributed by atoms with Gasteiger partial charge in [-0.15, -0.1) is 6.58 Å². The average molecular weight is 381 g/mol. The largest absolute Gasteiger partial charge is 0.504 e. The van der Waals surface area contributed by atoms with E-state index in [2.05, 4.69) is 16.6 Å². The molecule has 7 heteroatoms. The van der Waals surface area contributed by atoms with Gasteiger partial charge in [0.05, 0.1) is 23.4 Å². The summed E-state index contributed by atoms with van der Waals surface area (Å²) in [4.78, 5) is 23.5. The van der Waals surface area contributed by atoms with E-state index in [-0.39, 0.29) is 11.7 Å². The van der Waals surface area contributed by atoms with Crippen LogP contribution < -0.4 is 4.74 Å². The molecule has 1 aromatic carbocycles. The van der Waals surface area contributed by atoms with Gasteiger partial charge in [-0.3, -0.25) is 14.7 Å². The molecule has 1 N–H and O–H groups in total. The number of phenols is 1. The number of benzene rings is 1. The van der Waals surface area contributed by atoms with Gasteiger partial charge in [0.2, 0.25) is 0 Å². The number of pyridine rings is 1. The molecule has 1 aliphatic heterocycles. The van der Waals surface area contributed by atoms with Gasteiger partial charge in [0.1, 0.15) is 0 Å². The standard InChI is InChI=1S/C20H19N3O3S/c1-3-10-23-19(25)18(27-20(23)22-15-6-5-9-21-13-15)12-14-7-8-16(24)17(11-14)26-4-2/h3,5-9,11-13,24H,1,4,10H2,2H3/b18-12-,22-20?. The molecular weight excluding hydrogens is 362 g/mol. The molecule has 27 heavy (non-hydrogen) atoms. The topological polar surface area (TPSA) is 75.0 Å². The highest BCUT2D eigenvalue weighted by molar-refractivity contribution is 8.18. The Morgan fingerprint density at radius 3 is 2.96 bits per heavy atom. The third-order valence-corrected chi connectivity index (χ3v) is 4.66. The lowest BCUT2D eigenvalue weighted by Crippen LogP contribution is -2.29. The van der Waals surface area contributed by atoms with Crippen LogP contribution in [0.1, 0.15) is 12.5 Å². The van der Waals surface area contributed by atoms with Gasteiger partial charge in [-0.25, -0.2) is 4.99 Å². The number of hydrogen-bond acceptors (Lipinski definition) is 6. The summed E-state index contributed by atoms with van der Waals surface area (Å²) in [5.41, 5.74) is 1.43. The molecule has 1 fully saturated rings. The van der Waals surface area contributed by atoms with E-state index in [1.165, 1.54) is 11.8 Å². The number of thioether (sulfide) groups is 1. The van der Waals surface area contributed by atoms with Gasteiger partial charge in [0.25, 0.3) is 5.91 Å². The molecular formula is C20H19N3O3S. The van der Waals surface area contributed by atoms with Crippen LogP contribution in [0, 0.1) is 0 Å². The summed E-state index contributed by atoms with van der Waals surface area (Å²) in [6, 6.07) is 8.60. The number of phenolic OH excluding ortho intramolecular Hbond substituents is 1. The average Bonchev–Trinajstić information content (AvgIpc) is 2.95. The minimum Gasteiger partial charge on any atom is -0.504 e. The molecule has 0 unspecified atom stereocenters. The minimum absolute atomic E-state index is 0.0662. The lowest BCUT2D eigenvalue weighted by atomic mass is 10.2. The fourth-order valence-corrected chi connectivity index (χ4v) is 3.46. The second-order valence-electron chi connectivity index (χ2n) is 5.58. The SMILES string of the molecule is C=CCN1C(=O)/C(=C/c2ccc(O)c(OCC)c2)SC1=Nc1cccnc1. The quantitative estimate of drug-likeness (QED) is 0.605. The van der Waals surface area contributed by atoms with E-state index in [1.807, 2.05) is 13.0 Å². The van der Waals surface area contributed by atoms with E-state index in [0.717, 1.165) is 5.56 Å². The lowest BCUT2D eigenvalue weighted by Gasteiger charge is -2.12. The molecule has 3 rings (SSSR count). The normalized spacial score (nSPS) is 16.9. The highest BCUT2D eigenvalue weighted by Crippen LogP contribution is 2.35. The maximum absolute atomic E-state index is 12.8. The Morgan fingerprint density at radius 1 is 1.41 bits per heavy atom. The van der Waals surface area contributed by atoms with Crippen molar-refractivity contribution in [2.45, 2.75) is 6.92 Å². The van der Waals surface area contributed by atoms with Crippen LogP contribution >= 0.6 is 11.8 Å². The third kappa shape index (κ3) is 4.38. The van der Waals surface area contributed by atoms with Crippen LogP contribution in [0.25, 0.3) is 6.08 Å². The molecule has 6 nitrogen and oxygen atoms in total. The Kier molecular flexibility index (Phi) is 5.93. The number of aromatic nitrogens is 1. The Morgan fingerprint density at radius 2 is 2.26 bits per heavy atom. The second kappa shape index (κ2) is 8.55. The van der Waals surface area contributed by atoms with Crippen molar-refractivity contribution < 1.29 is 14.6 Å². The van der Waals surface area contributed by atoms with Gasteiger partial charge < -0.3 is 9.84 Å². The first-order valence-corrected chi connectivity index (χ1v) is 9.21. The summed E-state index contributed by atoms with van der Waals surface area (Å²) < 4.78 is 5.40. The van der Waals surface area contributed by atoms with Crippen molar-refractivity contribution in [3.8, 4) is 11.5 Å². The zero-order valence-electron chi connectivity index (χ0n) is 14.8. The Hall–Kier alpha value is -3.06. The van der Waals surface area contributed by atoms with Crippen LogP contribution in [-0.2, 0) is 4.79 Å². The first-order chi connectivity index (χ1) is 13.1. The predicted molar refractivity (Wildman–Crippen MR) is 108 cm³/mol. The van der Waals surface area contributed by atoms with E-state index in [9.17, 15) is 9.90 Å². The number of hydrogen-bond donors (Lipinski definition) is 1. The van der Waals surface area contributed by atoms with Gasteiger partial charge in [-0.1, -0.05) is 12.1 Å². The Balaban J connectivity index is 1.93. The molecule has 2 heterocycles. The molecule has 0 saturated carbocycles. The molecule has 1 aliphatic rings. The number of nitrogens with zero attached hydrogens (tertiary/aromatic N) is 3. The van der Waals surface area contributed by atoms with Crippen LogP contribution in [0.5, 0.6) is 11.5 Å². The molecule has 0 spiro atoms. The van der Waals surface area contributed by atoms with Gasteiger partial charge in [-0.05, 0) is 54.6 Å². The van der Waals surface area contributed by atoms with Crippen LogP contribution in [-0.4, -0.2) is 39.2 Å². The number of aliphatic imine (C=N–C) groups is 1. The molecule has 1 aromatic heterocycles. The van der Waals surface area contributed by atoms with Gasteiger partial charge >= 0.3 is 0 Å². The van der Waals surface area contributed by atoms with Crippen LogP contribution in [0.4, 0.5) is 5.69 Å². The monoisotopic (exact) mass is 381 g/mol. The maximum atomic E-state index is 12.8. The van der Waals surface area contributed by atoms with Crippen LogP contribution in [0.3, 0.4) is 0 Å². The number of ether oxygens (including phenoxy) is 1. The van der Waals surface area contributed by atoms with Crippen molar-refractivity contribution in [3.63, 3.8) is 0 Å².